The van der Waals surface area contributed by atoms with Crippen LogP contribution in [0.3, 0.4) is 0 Å². The Morgan fingerprint density at radius 1 is 1.10 bits per heavy atom. The zero-order chi connectivity index (χ0) is 27.1. The van der Waals surface area contributed by atoms with E-state index in [1.54, 1.807) is 29.3 Å². The topological polar surface area (TPSA) is 88.3 Å². The Labute approximate surface area is 231 Å². The van der Waals surface area contributed by atoms with Gasteiger partial charge in [0, 0.05) is 6.54 Å². The van der Waals surface area contributed by atoms with E-state index in [1.807, 2.05) is 24.3 Å². The molecule has 1 unspecified atom stereocenters. The molecule has 3 aliphatic rings. The number of nitrogens with two attached hydrogens (primary N) is 1. The summed E-state index contributed by atoms with van der Waals surface area (Å²) in [6.45, 7) is 2.51. The third-order valence-electron chi connectivity index (χ3n) is 7.71. The number of hydrogen-bond donors (Lipinski definition) is 2. The van der Waals surface area contributed by atoms with Crippen molar-refractivity contribution in [2.24, 2.45) is 5.73 Å². The van der Waals surface area contributed by atoms with Crippen LogP contribution in [0.15, 0.2) is 60.7 Å². The Hall–Kier alpha value is -3.01. The van der Waals surface area contributed by atoms with Crippen molar-refractivity contribution in [2.75, 3.05) is 19.6 Å². The fraction of sp³-hybridized carbons (Fsp3) is 0.367. The van der Waals surface area contributed by atoms with Gasteiger partial charge in [0.1, 0.15) is 17.6 Å². The van der Waals surface area contributed by atoms with Crippen molar-refractivity contribution in [1.82, 2.24) is 9.96 Å². The van der Waals surface area contributed by atoms with E-state index < -0.39 is 24.1 Å². The van der Waals surface area contributed by atoms with Crippen molar-refractivity contribution in [1.29, 1.82) is 0 Å². The molecule has 39 heavy (non-hydrogen) atoms. The van der Waals surface area contributed by atoms with E-state index in [0.29, 0.717) is 22.9 Å². The lowest BCUT2D eigenvalue weighted by atomic mass is 9.92. The number of aliphatic hydroxyl groups is 1. The first-order valence-electron chi connectivity index (χ1n) is 13.3. The van der Waals surface area contributed by atoms with E-state index in [1.165, 1.54) is 12.1 Å². The molecule has 9 heteroatoms. The molecule has 2 fully saturated rings. The molecular weight excluding hydrogens is 521 g/mol. The highest BCUT2D eigenvalue weighted by molar-refractivity contribution is 6.32. The van der Waals surface area contributed by atoms with E-state index in [9.17, 15) is 14.3 Å². The maximum absolute atomic E-state index is 13.4. The van der Waals surface area contributed by atoms with Crippen molar-refractivity contribution < 1.29 is 23.9 Å². The molecular formula is C30H31ClFN3O4. The smallest absolute Gasteiger partial charge is 0.241 e. The molecule has 1 saturated carbocycles. The maximum Gasteiger partial charge on any atom is 0.241 e. The van der Waals surface area contributed by atoms with E-state index >= 15 is 0 Å². The van der Waals surface area contributed by atoms with E-state index in [2.05, 4.69) is 4.90 Å². The fourth-order valence-electron chi connectivity index (χ4n) is 5.27. The number of primary amides is 1. The zero-order valence-electron chi connectivity index (χ0n) is 21.4. The van der Waals surface area contributed by atoms with Gasteiger partial charge in [-0.3, -0.25) is 9.63 Å². The summed E-state index contributed by atoms with van der Waals surface area (Å²) in [5.74, 6) is -0.273. The highest BCUT2D eigenvalue weighted by atomic mass is 35.5. The van der Waals surface area contributed by atoms with Crippen LogP contribution in [0.5, 0.6) is 5.75 Å². The SMILES string of the molecule is NC(=O)C1c2ccc(-c3ccc(F)cc3)cc2CON1[C@H](CN1CCC1)[C@H](O)c1ccc(OC2CC2)c(Cl)c1. The molecule has 0 radical (unpaired) electrons. The fourth-order valence-corrected chi connectivity index (χ4v) is 5.51. The van der Waals surface area contributed by atoms with Crippen LogP contribution in [-0.2, 0) is 16.2 Å². The predicted octanol–water partition coefficient (Wildman–Crippen LogP) is 4.77. The number of aliphatic hydroxyl groups excluding tert-OH is 1. The predicted molar refractivity (Wildman–Crippen MR) is 145 cm³/mol. The standard InChI is InChI=1S/C30H31ClFN3O4/c31-25-15-20(5-11-27(25)39-23-8-9-23)29(36)26(16-34-12-1-13-34)35-28(30(33)37)24-10-4-19(14-21(24)17-38-35)18-2-6-22(32)7-3-18/h2-7,10-11,14-15,23,26,28-29,36H,1,8-9,12-13,16-17H2,(H2,33,37)/t26-,28?,29-/m1/s1. The average molecular weight is 552 g/mol. The number of rotatable bonds is 9. The van der Waals surface area contributed by atoms with Crippen LogP contribution in [0.2, 0.25) is 5.02 Å². The van der Waals surface area contributed by atoms with Crippen LogP contribution in [0.1, 0.15) is 48.1 Å². The maximum atomic E-state index is 13.4. The quantitative estimate of drug-likeness (QED) is 0.398. The number of likely N-dealkylation sites (tertiary alicyclic amines) is 1. The van der Waals surface area contributed by atoms with Gasteiger partial charge >= 0.3 is 0 Å². The number of fused-ring (bicyclic) bond motifs is 1. The van der Waals surface area contributed by atoms with Crippen LogP contribution >= 0.6 is 11.6 Å². The van der Waals surface area contributed by atoms with Gasteiger partial charge in [0.25, 0.3) is 0 Å². The largest absolute Gasteiger partial charge is 0.489 e. The molecule has 3 N–H and O–H groups in total. The molecule has 2 heterocycles. The minimum atomic E-state index is -1.00. The van der Waals surface area contributed by atoms with Crippen LogP contribution in [-0.4, -0.2) is 52.8 Å². The lowest BCUT2D eigenvalue weighted by Gasteiger charge is -2.44. The number of benzene rings is 3. The third-order valence-corrected chi connectivity index (χ3v) is 8.00. The van der Waals surface area contributed by atoms with Crippen molar-refractivity contribution in [3.05, 3.63) is 88.2 Å². The lowest BCUT2D eigenvalue weighted by molar-refractivity contribution is -0.250. The molecule has 7 nitrogen and oxygen atoms in total. The summed E-state index contributed by atoms with van der Waals surface area (Å²) in [4.78, 5) is 21.3. The first-order valence-corrected chi connectivity index (χ1v) is 13.7. The van der Waals surface area contributed by atoms with Crippen molar-refractivity contribution in [2.45, 2.75) is 50.2 Å². The summed E-state index contributed by atoms with van der Waals surface area (Å²) in [7, 11) is 0. The molecule has 6 rings (SSSR count). The normalized spacial score (nSPS) is 21.1. The van der Waals surface area contributed by atoms with Gasteiger partial charge < -0.3 is 20.5 Å². The molecule has 2 aliphatic heterocycles. The molecule has 3 aromatic carbocycles. The van der Waals surface area contributed by atoms with Crippen LogP contribution < -0.4 is 10.5 Å². The Balaban J connectivity index is 1.31. The van der Waals surface area contributed by atoms with Gasteiger partial charge in [-0.25, -0.2) is 4.39 Å². The van der Waals surface area contributed by atoms with Gasteiger partial charge in [0.2, 0.25) is 5.91 Å². The van der Waals surface area contributed by atoms with Crippen molar-refractivity contribution in [3.63, 3.8) is 0 Å². The summed E-state index contributed by atoms with van der Waals surface area (Å²) in [5, 5.41) is 13.6. The molecule has 204 valence electrons. The molecule has 3 aromatic rings. The summed E-state index contributed by atoms with van der Waals surface area (Å²) in [6.07, 6.45) is 2.33. The minimum absolute atomic E-state index is 0.201. The van der Waals surface area contributed by atoms with Crippen LogP contribution in [0.4, 0.5) is 4.39 Å². The Morgan fingerprint density at radius 3 is 2.49 bits per heavy atom. The van der Waals surface area contributed by atoms with Gasteiger partial charge in [-0.05, 0) is 90.5 Å². The second kappa shape index (κ2) is 10.9. The summed E-state index contributed by atoms with van der Waals surface area (Å²) < 4.78 is 19.3. The first-order chi connectivity index (χ1) is 18.9. The highest BCUT2D eigenvalue weighted by Gasteiger charge is 2.42. The summed E-state index contributed by atoms with van der Waals surface area (Å²) in [5.41, 5.74) is 9.85. The molecule has 1 saturated heterocycles. The van der Waals surface area contributed by atoms with Gasteiger partial charge in [0.05, 0.1) is 29.9 Å². The van der Waals surface area contributed by atoms with Gasteiger partial charge in [-0.2, -0.15) is 5.06 Å². The van der Waals surface area contributed by atoms with Gasteiger partial charge in [0.15, 0.2) is 0 Å². The number of hydrogen-bond acceptors (Lipinski definition) is 6. The number of amides is 1. The molecule has 0 aromatic heterocycles. The molecule has 1 aliphatic carbocycles. The van der Waals surface area contributed by atoms with E-state index in [4.69, 9.17) is 26.9 Å². The molecule has 3 atom stereocenters. The number of carbonyl (C=O) groups is 1. The Kier molecular flexibility index (Phi) is 7.31. The number of halogens is 2. The minimum Gasteiger partial charge on any atom is -0.489 e. The van der Waals surface area contributed by atoms with Gasteiger partial charge in [-0.15, -0.1) is 0 Å². The van der Waals surface area contributed by atoms with Crippen molar-refractivity contribution in [3.8, 4) is 16.9 Å². The summed E-state index contributed by atoms with van der Waals surface area (Å²) in [6, 6.07) is 15.8. The number of hydroxylamine groups is 2. The Morgan fingerprint density at radius 2 is 1.85 bits per heavy atom. The summed E-state index contributed by atoms with van der Waals surface area (Å²) >= 11 is 6.51. The molecule has 0 bridgehead atoms. The molecule has 1 amide bonds. The van der Waals surface area contributed by atoms with E-state index in [0.717, 1.165) is 54.6 Å². The average Bonchev–Trinajstić information content (AvgIpc) is 3.72. The highest BCUT2D eigenvalue weighted by Crippen LogP contribution is 2.39. The lowest BCUT2D eigenvalue weighted by Crippen LogP contribution is -2.55. The van der Waals surface area contributed by atoms with E-state index in [-0.39, 0.29) is 18.5 Å². The number of ether oxygens (including phenoxy) is 1. The van der Waals surface area contributed by atoms with Crippen molar-refractivity contribution >= 4 is 17.5 Å². The Bertz CT molecular complexity index is 1360. The second-order valence-corrected chi connectivity index (χ2v) is 10.9. The van der Waals surface area contributed by atoms with Crippen LogP contribution in [0, 0.1) is 5.82 Å². The van der Waals surface area contributed by atoms with Gasteiger partial charge in [-0.1, -0.05) is 41.9 Å². The number of carbonyl (C=O) groups excluding carboxylic acids is 1. The first kappa shape index (κ1) is 26.2. The monoisotopic (exact) mass is 551 g/mol. The third kappa shape index (κ3) is 5.53. The van der Waals surface area contributed by atoms with Crippen LogP contribution in [0.25, 0.3) is 11.1 Å². The number of nitrogens with zero attached hydrogens (tertiary/aromatic N) is 2. The molecule has 0 spiro atoms. The zero-order valence-corrected chi connectivity index (χ0v) is 22.2. The second-order valence-electron chi connectivity index (χ2n) is 10.5.